The average molecular weight is 336 g/mol. The minimum atomic E-state index is -1.41. The van der Waals surface area contributed by atoms with Crippen molar-refractivity contribution in [2.45, 2.75) is 70.5 Å². The summed E-state index contributed by atoms with van der Waals surface area (Å²) >= 11 is 0. The zero-order chi connectivity index (χ0) is 17.3. The molecule has 1 aliphatic heterocycles. The van der Waals surface area contributed by atoms with E-state index >= 15 is 0 Å². The van der Waals surface area contributed by atoms with Crippen molar-refractivity contribution in [3.63, 3.8) is 0 Å². The summed E-state index contributed by atoms with van der Waals surface area (Å²) in [7, 11) is 0. The molecule has 134 valence electrons. The molecular formula is C19H28O5. The molecule has 1 saturated heterocycles. The maximum Gasteiger partial charge on any atom is 0.306 e. The van der Waals surface area contributed by atoms with Crippen molar-refractivity contribution in [3.05, 3.63) is 0 Å². The first-order valence-corrected chi connectivity index (χ1v) is 9.29. The van der Waals surface area contributed by atoms with Crippen LogP contribution in [0.4, 0.5) is 0 Å². The Labute approximate surface area is 142 Å². The molecule has 0 spiro atoms. The quantitative estimate of drug-likeness (QED) is 0.660. The molecule has 0 radical (unpaired) electrons. The smallest absolute Gasteiger partial charge is 0.306 e. The number of aliphatic hydroxyl groups is 2. The van der Waals surface area contributed by atoms with Gasteiger partial charge in [0.15, 0.2) is 5.78 Å². The monoisotopic (exact) mass is 336 g/mol. The van der Waals surface area contributed by atoms with E-state index in [1.165, 1.54) is 0 Å². The van der Waals surface area contributed by atoms with E-state index in [1.54, 1.807) is 0 Å². The van der Waals surface area contributed by atoms with Gasteiger partial charge in [-0.2, -0.15) is 0 Å². The van der Waals surface area contributed by atoms with E-state index in [0.717, 1.165) is 12.8 Å². The van der Waals surface area contributed by atoms with Gasteiger partial charge >= 0.3 is 5.97 Å². The minimum Gasteiger partial charge on any atom is -0.465 e. The van der Waals surface area contributed by atoms with Crippen molar-refractivity contribution in [2.24, 2.45) is 28.6 Å². The lowest BCUT2D eigenvalue weighted by Gasteiger charge is -2.63. The number of ether oxygens (including phenoxy) is 1. The molecule has 4 rings (SSSR count). The Morgan fingerprint density at radius 3 is 2.58 bits per heavy atom. The van der Waals surface area contributed by atoms with Gasteiger partial charge in [0.1, 0.15) is 5.60 Å². The van der Waals surface area contributed by atoms with E-state index in [4.69, 9.17) is 4.74 Å². The molecular weight excluding hydrogens is 308 g/mol. The van der Waals surface area contributed by atoms with Crippen molar-refractivity contribution in [1.82, 2.24) is 0 Å². The first kappa shape index (κ1) is 16.5. The van der Waals surface area contributed by atoms with Crippen molar-refractivity contribution < 1.29 is 24.5 Å². The fraction of sp³-hybridized carbons (Fsp3) is 0.895. The van der Waals surface area contributed by atoms with Crippen LogP contribution in [0, 0.1) is 28.6 Å². The Morgan fingerprint density at radius 1 is 1.08 bits per heavy atom. The third-order valence-electron chi connectivity index (χ3n) is 8.08. The second kappa shape index (κ2) is 5.04. The number of cyclic esters (lactones) is 1. The molecule has 3 aliphatic carbocycles. The lowest BCUT2D eigenvalue weighted by molar-refractivity contribution is -0.221. The van der Waals surface area contributed by atoms with E-state index in [2.05, 4.69) is 6.92 Å². The van der Waals surface area contributed by atoms with Gasteiger partial charge < -0.3 is 14.9 Å². The van der Waals surface area contributed by atoms with Gasteiger partial charge in [0.25, 0.3) is 0 Å². The maximum atomic E-state index is 12.9. The van der Waals surface area contributed by atoms with Crippen LogP contribution in [0.15, 0.2) is 0 Å². The van der Waals surface area contributed by atoms with E-state index in [-0.39, 0.29) is 41.3 Å². The topological polar surface area (TPSA) is 83.8 Å². The molecule has 4 aliphatic rings. The van der Waals surface area contributed by atoms with Gasteiger partial charge in [0.2, 0.25) is 0 Å². The third kappa shape index (κ3) is 2.00. The van der Waals surface area contributed by atoms with Crippen LogP contribution in [-0.2, 0) is 14.3 Å². The van der Waals surface area contributed by atoms with Crippen LogP contribution in [0.2, 0.25) is 0 Å². The highest BCUT2D eigenvalue weighted by Gasteiger charge is 2.66. The second-order valence-electron chi connectivity index (χ2n) is 9.24. The number of carbonyl (C=O) groups is 2. The molecule has 5 heteroatoms. The van der Waals surface area contributed by atoms with Gasteiger partial charge in [0, 0.05) is 30.1 Å². The highest BCUT2D eigenvalue weighted by atomic mass is 16.5. The number of carbonyl (C=O) groups excluding carboxylic acids is 2. The average Bonchev–Trinajstić information content (AvgIpc) is 2.51. The van der Waals surface area contributed by atoms with Crippen LogP contribution in [-0.4, -0.2) is 40.3 Å². The summed E-state index contributed by atoms with van der Waals surface area (Å²) in [5.74, 6) is 0.250. The zero-order valence-electron chi connectivity index (χ0n) is 14.6. The number of aliphatic hydroxyl groups excluding tert-OH is 1. The first-order valence-electron chi connectivity index (χ1n) is 9.29. The predicted molar refractivity (Wildman–Crippen MR) is 85.9 cm³/mol. The van der Waals surface area contributed by atoms with Crippen LogP contribution in [0.3, 0.4) is 0 Å². The molecule has 0 unspecified atom stereocenters. The van der Waals surface area contributed by atoms with Crippen LogP contribution in [0.1, 0.15) is 58.8 Å². The van der Waals surface area contributed by atoms with E-state index in [9.17, 15) is 19.8 Å². The molecule has 3 saturated carbocycles. The Hall–Kier alpha value is -0.940. The lowest BCUT2D eigenvalue weighted by Crippen LogP contribution is -2.67. The molecule has 2 N–H and O–H groups in total. The number of Topliss-reactive ketones (excluding diaryl/α,β-unsaturated/α-hetero) is 1. The zero-order valence-corrected chi connectivity index (χ0v) is 14.6. The van der Waals surface area contributed by atoms with Gasteiger partial charge in [-0.3, -0.25) is 9.59 Å². The summed E-state index contributed by atoms with van der Waals surface area (Å²) in [6, 6.07) is 0. The van der Waals surface area contributed by atoms with Crippen LogP contribution in [0.5, 0.6) is 0 Å². The summed E-state index contributed by atoms with van der Waals surface area (Å²) in [6.07, 6.45) is 3.52. The number of ketones is 1. The van der Waals surface area contributed by atoms with Crippen molar-refractivity contribution in [1.29, 1.82) is 0 Å². The van der Waals surface area contributed by atoms with Crippen LogP contribution in [0.25, 0.3) is 0 Å². The molecule has 24 heavy (non-hydrogen) atoms. The Kier molecular flexibility index (Phi) is 3.47. The third-order valence-corrected chi connectivity index (χ3v) is 8.08. The highest BCUT2D eigenvalue weighted by Crippen LogP contribution is 2.64. The summed E-state index contributed by atoms with van der Waals surface area (Å²) in [4.78, 5) is 24.8. The van der Waals surface area contributed by atoms with Gasteiger partial charge in [-0.05, 0) is 43.4 Å². The standard InChI is InChI=1S/C19H28O5/c1-17-5-4-13-12(14(17)8-16(22)24-10-17)7-15(21)19(23)9-11(20)3-6-18(13,19)2/h11-14,20,23H,3-10H2,1-2H3/t11-,12+,13-,14-,17+,18+,19-/m0/s1. The van der Waals surface area contributed by atoms with E-state index < -0.39 is 17.1 Å². The van der Waals surface area contributed by atoms with Crippen molar-refractivity contribution in [3.8, 4) is 0 Å². The van der Waals surface area contributed by atoms with Crippen molar-refractivity contribution in [2.75, 3.05) is 6.61 Å². The summed E-state index contributed by atoms with van der Waals surface area (Å²) in [6.45, 7) is 4.67. The number of esters is 1. The molecule has 0 aromatic carbocycles. The predicted octanol–water partition coefficient (Wildman–Crippen LogP) is 1.84. The summed E-state index contributed by atoms with van der Waals surface area (Å²) in [5, 5.41) is 21.3. The fourth-order valence-corrected chi connectivity index (χ4v) is 6.48. The normalized spacial score (nSPS) is 54.3. The SMILES string of the molecule is C[C@]12CC[C@H]3[C@@H](CC(=O)[C@@]4(O)C[C@@H](O)CC[C@]34C)[C@@H]1CC(=O)OC2. The van der Waals surface area contributed by atoms with Crippen LogP contribution < -0.4 is 0 Å². The number of hydrogen-bond acceptors (Lipinski definition) is 5. The number of rotatable bonds is 0. The minimum absolute atomic E-state index is 0.0463. The van der Waals surface area contributed by atoms with Gasteiger partial charge in [-0.1, -0.05) is 13.8 Å². The van der Waals surface area contributed by atoms with Gasteiger partial charge in [-0.15, -0.1) is 0 Å². The molecule has 0 bridgehead atoms. The summed E-state index contributed by atoms with van der Waals surface area (Å²) in [5.41, 5.74) is -1.95. The number of hydrogen-bond donors (Lipinski definition) is 2. The Morgan fingerprint density at radius 2 is 1.83 bits per heavy atom. The molecule has 0 aromatic heterocycles. The first-order chi connectivity index (χ1) is 11.2. The Balaban J connectivity index is 1.72. The lowest BCUT2D eigenvalue weighted by atomic mass is 9.42. The van der Waals surface area contributed by atoms with E-state index in [1.807, 2.05) is 6.92 Å². The van der Waals surface area contributed by atoms with Gasteiger partial charge in [0.05, 0.1) is 12.7 Å². The van der Waals surface area contributed by atoms with E-state index in [0.29, 0.717) is 32.3 Å². The highest BCUT2D eigenvalue weighted by molar-refractivity contribution is 5.89. The summed E-state index contributed by atoms with van der Waals surface area (Å²) < 4.78 is 5.32. The van der Waals surface area contributed by atoms with Crippen molar-refractivity contribution >= 4 is 11.8 Å². The molecule has 5 nitrogen and oxygen atoms in total. The number of fused-ring (bicyclic) bond motifs is 5. The molecule has 0 amide bonds. The Bertz CT molecular complexity index is 588. The molecule has 0 aromatic rings. The fourth-order valence-electron chi connectivity index (χ4n) is 6.48. The largest absolute Gasteiger partial charge is 0.465 e. The molecule has 4 fully saturated rings. The maximum absolute atomic E-state index is 12.9. The molecule has 1 heterocycles. The molecule has 7 atom stereocenters. The van der Waals surface area contributed by atoms with Crippen LogP contribution >= 0.6 is 0 Å². The van der Waals surface area contributed by atoms with Gasteiger partial charge in [-0.25, -0.2) is 0 Å². The second-order valence-corrected chi connectivity index (χ2v) is 9.24.